The van der Waals surface area contributed by atoms with Gasteiger partial charge in [0.2, 0.25) is 0 Å². The third kappa shape index (κ3) is 4.11. The Bertz CT molecular complexity index is 245. The van der Waals surface area contributed by atoms with Crippen LogP contribution in [0.3, 0.4) is 0 Å². The van der Waals surface area contributed by atoms with Crippen LogP contribution in [0, 0.1) is 22.7 Å². The molecule has 1 fully saturated rings. The maximum atomic E-state index is 8.90. The molecule has 3 heteroatoms. The zero-order valence-electron chi connectivity index (χ0n) is 10.5. The molecule has 3 nitrogen and oxygen atoms in total. The zero-order valence-corrected chi connectivity index (χ0v) is 10.5. The molecule has 0 aromatic heterocycles. The van der Waals surface area contributed by atoms with Crippen LogP contribution in [0.25, 0.3) is 0 Å². The van der Waals surface area contributed by atoms with Gasteiger partial charge in [0.25, 0.3) is 0 Å². The van der Waals surface area contributed by atoms with Gasteiger partial charge in [-0.15, -0.1) is 0 Å². The number of ether oxygens (including phenoxy) is 1. The van der Waals surface area contributed by atoms with Crippen LogP contribution in [-0.4, -0.2) is 19.3 Å². The fourth-order valence-electron chi connectivity index (χ4n) is 2.18. The van der Waals surface area contributed by atoms with Gasteiger partial charge in [-0.2, -0.15) is 5.26 Å². The van der Waals surface area contributed by atoms with Crippen LogP contribution in [0.15, 0.2) is 0 Å². The van der Waals surface area contributed by atoms with Gasteiger partial charge in [0.1, 0.15) is 0 Å². The van der Waals surface area contributed by atoms with Gasteiger partial charge in [0, 0.05) is 6.61 Å². The minimum absolute atomic E-state index is 0.271. The van der Waals surface area contributed by atoms with E-state index < -0.39 is 0 Å². The molecule has 0 bridgehead atoms. The molecule has 16 heavy (non-hydrogen) atoms. The second-order valence-corrected chi connectivity index (χ2v) is 5.44. The van der Waals surface area contributed by atoms with Gasteiger partial charge in [0.05, 0.1) is 17.6 Å². The Morgan fingerprint density at radius 1 is 1.38 bits per heavy atom. The maximum Gasteiger partial charge on any atom is 0.0684 e. The van der Waals surface area contributed by atoms with Crippen molar-refractivity contribution < 1.29 is 4.74 Å². The van der Waals surface area contributed by atoms with Gasteiger partial charge in [0.15, 0.2) is 0 Å². The average Bonchev–Trinajstić information content (AvgIpc) is 2.29. The van der Waals surface area contributed by atoms with E-state index in [0.29, 0.717) is 18.6 Å². The fourth-order valence-corrected chi connectivity index (χ4v) is 2.18. The topological polar surface area (TPSA) is 59.0 Å². The Kier molecular flexibility index (Phi) is 5.24. The molecule has 92 valence electrons. The van der Waals surface area contributed by atoms with Crippen LogP contribution in [0.1, 0.15) is 46.0 Å². The van der Waals surface area contributed by atoms with Crippen LogP contribution >= 0.6 is 0 Å². The third-order valence-corrected chi connectivity index (χ3v) is 3.50. The summed E-state index contributed by atoms with van der Waals surface area (Å²) in [6.07, 6.45) is 6.00. The standard InChI is InChI=1S/C13H24N2O/c1-13(2,10-15)7-8-16-12-6-4-3-5-11(12)9-14/h11-12H,3-9,14H2,1-2H3. The van der Waals surface area contributed by atoms with Crippen LogP contribution in [-0.2, 0) is 4.74 Å². The lowest BCUT2D eigenvalue weighted by Gasteiger charge is -2.31. The molecule has 0 amide bonds. The Labute approximate surface area is 99.0 Å². The zero-order chi connectivity index (χ0) is 12.0. The van der Waals surface area contributed by atoms with Gasteiger partial charge >= 0.3 is 0 Å². The molecule has 0 heterocycles. The summed E-state index contributed by atoms with van der Waals surface area (Å²) in [6.45, 7) is 5.32. The van der Waals surface area contributed by atoms with Crippen molar-refractivity contribution in [3.63, 3.8) is 0 Å². The Hall–Kier alpha value is -0.590. The molecule has 0 aromatic carbocycles. The molecule has 2 atom stereocenters. The van der Waals surface area contributed by atoms with Gasteiger partial charge in [-0.25, -0.2) is 0 Å². The van der Waals surface area contributed by atoms with Crippen molar-refractivity contribution in [2.24, 2.45) is 17.1 Å². The number of nitrogens with zero attached hydrogens (tertiary/aromatic N) is 1. The first-order valence-electron chi connectivity index (χ1n) is 6.32. The number of hydrogen-bond donors (Lipinski definition) is 1. The highest BCUT2D eigenvalue weighted by Gasteiger charge is 2.25. The Morgan fingerprint density at radius 2 is 2.06 bits per heavy atom. The Morgan fingerprint density at radius 3 is 2.69 bits per heavy atom. The number of nitrogens with two attached hydrogens (primary N) is 1. The van der Waals surface area contributed by atoms with E-state index in [4.69, 9.17) is 15.7 Å². The molecule has 1 saturated carbocycles. The molecule has 0 aromatic rings. The van der Waals surface area contributed by atoms with Crippen LogP contribution in [0.5, 0.6) is 0 Å². The molecule has 2 unspecified atom stereocenters. The van der Waals surface area contributed by atoms with E-state index in [1.54, 1.807) is 0 Å². The third-order valence-electron chi connectivity index (χ3n) is 3.50. The summed E-state index contributed by atoms with van der Waals surface area (Å²) in [4.78, 5) is 0. The number of nitriles is 1. The molecular weight excluding hydrogens is 200 g/mol. The van der Waals surface area contributed by atoms with Crippen molar-refractivity contribution >= 4 is 0 Å². The predicted octanol–water partition coefficient (Wildman–Crippen LogP) is 2.46. The second kappa shape index (κ2) is 6.22. The normalized spacial score (nSPS) is 26.4. The van der Waals surface area contributed by atoms with E-state index in [-0.39, 0.29) is 5.41 Å². The molecule has 0 saturated heterocycles. The molecule has 0 spiro atoms. The molecule has 1 aliphatic rings. The summed E-state index contributed by atoms with van der Waals surface area (Å²) >= 11 is 0. The predicted molar refractivity (Wildman–Crippen MR) is 64.8 cm³/mol. The smallest absolute Gasteiger partial charge is 0.0684 e. The molecule has 1 aliphatic carbocycles. The van der Waals surface area contributed by atoms with Gasteiger partial charge < -0.3 is 10.5 Å². The van der Waals surface area contributed by atoms with Crippen molar-refractivity contribution in [2.75, 3.05) is 13.2 Å². The van der Waals surface area contributed by atoms with Crippen LogP contribution in [0.4, 0.5) is 0 Å². The second-order valence-electron chi connectivity index (χ2n) is 5.44. The van der Waals surface area contributed by atoms with Gasteiger partial charge in [-0.3, -0.25) is 0 Å². The van der Waals surface area contributed by atoms with E-state index in [2.05, 4.69) is 6.07 Å². The highest BCUT2D eigenvalue weighted by molar-refractivity contribution is 4.91. The summed E-state index contributed by atoms with van der Waals surface area (Å²) in [5.74, 6) is 0.527. The summed E-state index contributed by atoms with van der Waals surface area (Å²) in [5, 5.41) is 8.90. The molecule has 1 rings (SSSR count). The minimum Gasteiger partial charge on any atom is -0.378 e. The van der Waals surface area contributed by atoms with Crippen molar-refractivity contribution in [1.29, 1.82) is 5.26 Å². The largest absolute Gasteiger partial charge is 0.378 e. The van der Waals surface area contributed by atoms with Crippen molar-refractivity contribution in [3.8, 4) is 6.07 Å². The maximum absolute atomic E-state index is 8.90. The summed E-state index contributed by atoms with van der Waals surface area (Å²) < 4.78 is 5.89. The Balaban J connectivity index is 2.28. The van der Waals surface area contributed by atoms with Crippen LogP contribution in [0.2, 0.25) is 0 Å². The summed E-state index contributed by atoms with van der Waals surface area (Å²) in [5.41, 5.74) is 5.47. The molecule has 2 N–H and O–H groups in total. The first-order valence-corrected chi connectivity index (χ1v) is 6.32. The van der Waals surface area contributed by atoms with E-state index in [1.807, 2.05) is 13.8 Å². The van der Waals surface area contributed by atoms with E-state index in [0.717, 1.165) is 19.4 Å². The summed E-state index contributed by atoms with van der Waals surface area (Å²) in [6, 6.07) is 2.30. The SMILES string of the molecule is CC(C)(C#N)CCOC1CCCCC1CN. The van der Waals surface area contributed by atoms with Crippen LogP contribution < -0.4 is 5.73 Å². The van der Waals surface area contributed by atoms with Gasteiger partial charge in [-0.05, 0) is 45.6 Å². The molecular formula is C13H24N2O. The van der Waals surface area contributed by atoms with Gasteiger partial charge in [-0.1, -0.05) is 12.8 Å². The van der Waals surface area contributed by atoms with E-state index in [1.165, 1.54) is 19.3 Å². The molecule has 0 aliphatic heterocycles. The first kappa shape index (κ1) is 13.5. The fraction of sp³-hybridized carbons (Fsp3) is 0.923. The van der Waals surface area contributed by atoms with E-state index >= 15 is 0 Å². The first-order chi connectivity index (χ1) is 7.59. The molecule has 0 radical (unpaired) electrons. The van der Waals surface area contributed by atoms with E-state index in [9.17, 15) is 0 Å². The highest BCUT2D eigenvalue weighted by atomic mass is 16.5. The summed E-state index contributed by atoms with van der Waals surface area (Å²) in [7, 11) is 0. The highest BCUT2D eigenvalue weighted by Crippen LogP contribution is 2.27. The quantitative estimate of drug-likeness (QED) is 0.780. The minimum atomic E-state index is -0.271. The monoisotopic (exact) mass is 224 g/mol. The number of rotatable bonds is 5. The lowest BCUT2D eigenvalue weighted by Crippen LogP contribution is -2.33. The number of hydrogen-bond acceptors (Lipinski definition) is 3. The lowest BCUT2D eigenvalue weighted by atomic mass is 9.86. The van der Waals surface area contributed by atoms with Crippen molar-refractivity contribution in [3.05, 3.63) is 0 Å². The average molecular weight is 224 g/mol. The lowest BCUT2D eigenvalue weighted by molar-refractivity contribution is -0.0151. The van der Waals surface area contributed by atoms with Crippen molar-refractivity contribution in [2.45, 2.75) is 52.1 Å². The van der Waals surface area contributed by atoms with Crippen molar-refractivity contribution in [1.82, 2.24) is 0 Å².